The van der Waals surface area contributed by atoms with E-state index in [9.17, 15) is 18.4 Å². The second kappa shape index (κ2) is 11.3. The highest BCUT2D eigenvalue weighted by Crippen LogP contribution is 2.34. The minimum Gasteiger partial charge on any atom is -0.493 e. The van der Waals surface area contributed by atoms with Gasteiger partial charge in [0, 0.05) is 17.4 Å². The summed E-state index contributed by atoms with van der Waals surface area (Å²) in [5.74, 6) is -0.184. The number of methoxy groups -OCH3 is 1. The van der Waals surface area contributed by atoms with Crippen LogP contribution in [0.5, 0.6) is 11.5 Å². The van der Waals surface area contributed by atoms with Gasteiger partial charge in [0.2, 0.25) is 0 Å². The van der Waals surface area contributed by atoms with E-state index < -0.39 is 6.61 Å². The number of carbonyl (C=O) groups is 2. The largest absolute Gasteiger partial charge is 0.493 e. The first kappa shape index (κ1) is 25.2. The SMILES string of the molecule is CCC1SC(=O)N(Cc2ccc(NC(=O)c3ccc[nH]3)cc2)N=C1c1ccc(OC(F)F)c(OC)c1. The van der Waals surface area contributed by atoms with E-state index >= 15 is 0 Å². The zero-order chi connectivity index (χ0) is 25.7. The molecule has 1 unspecified atom stereocenters. The van der Waals surface area contributed by atoms with Crippen LogP contribution in [0.25, 0.3) is 0 Å². The number of thioether (sulfide) groups is 1. The molecular weight excluding hydrogens is 490 g/mol. The van der Waals surface area contributed by atoms with E-state index in [-0.39, 0.29) is 34.4 Å². The fourth-order valence-corrected chi connectivity index (χ4v) is 4.58. The molecule has 36 heavy (non-hydrogen) atoms. The topological polar surface area (TPSA) is 96.0 Å². The smallest absolute Gasteiger partial charge is 0.387 e. The van der Waals surface area contributed by atoms with Gasteiger partial charge < -0.3 is 19.8 Å². The monoisotopic (exact) mass is 514 g/mol. The van der Waals surface area contributed by atoms with Crippen LogP contribution in [0.4, 0.5) is 19.3 Å². The van der Waals surface area contributed by atoms with E-state index in [0.717, 1.165) is 17.3 Å². The van der Waals surface area contributed by atoms with Crippen LogP contribution in [0.3, 0.4) is 0 Å². The van der Waals surface area contributed by atoms with E-state index in [2.05, 4.69) is 20.1 Å². The van der Waals surface area contributed by atoms with Gasteiger partial charge in [0.15, 0.2) is 11.5 Å². The molecule has 0 spiro atoms. The Balaban J connectivity index is 1.53. The molecule has 3 aromatic rings. The average Bonchev–Trinajstić information content (AvgIpc) is 3.41. The molecule has 0 saturated heterocycles. The van der Waals surface area contributed by atoms with Crippen molar-refractivity contribution in [1.29, 1.82) is 0 Å². The van der Waals surface area contributed by atoms with Crippen molar-refractivity contribution in [3.05, 3.63) is 77.6 Å². The highest BCUT2D eigenvalue weighted by atomic mass is 32.2. The van der Waals surface area contributed by atoms with Gasteiger partial charge in [-0.2, -0.15) is 13.9 Å². The van der Waals surface area contributed by atoms with Crippen molar-refractivity contribution in [3.8, 4) is 11.5 Å². The number of carbonyl (C=O) groups excluding carboxylic acids is 2. The third-order valence-corrected chi connectivity index (χ3v) is 6.67. The van der Waals surface area contributed by atoms with E-state index in [0.29, 0.717) is 29.1 Å². The predicted octanol–water partition coefficient (Wildman–Crippen LogP) is 5.73. The maximum absolute atomic E-state index is 12.8. The summed E-state index contributed by atoms with van der Waals surface area (Å²) in [4.78, 5) is 27.8. The highest BCUT2D eigenvalue weighted by Gasteiger charge is 2.30. The number of hydrogen-bond donors (Lipinski definition) is 2. The quantitative estimate of drug-likeness (QED) is 0.380. The third-order valence-electron chi connectivity index (χ3n) is 5.42. The number of amides is 2. The zero-order valence-electron chi connectivity index (χ0n) is 19.5. The molecule has 11 heteroatoms. The first-order valence-corrected chi connectivity index (χ1v) is 12.0. The summed E-state index contributed by atoms with van der Waals surface area (Å²) in [6.07, 6.45) is 2.32. The van der Waals surface area contributed by atoms with Crippen molar-refractivity contribution in [1.82, 2.24) is 9.99 Å². The standard InChI is InChI=1S/C25H24F2N4O4S/c1-3-21-22(16-8-11-19(35-24(26)27)20(13-16)34-2)30-31(25(33)36-21)14-15-6-9-17(10-7-15)29-23(32)18-5-4-12-28-18/h4-13,21,24,28H,3,14H2,1-2H3,(H,29,32). The van der Waals surface area contributed by atoms with Crippen LogP contribution in [-0.4, -0.2) is 45.8 Å². The minimum absolute atomic E-state index is 0.0789. The van der Waals surface area contributed by atoms with E-state index in [1.54, 1.807) is 42.6 Å². The number of aromatic amines is 1. The molecule has 0 bridgehead atoms. The molecule has 1 aromatic heterocycles. The number of nitrogens with one attached hydrogen (secondary N) is 2. The van der Waals surface area contributed by atoms with Gasteiger partial charge in [-0.05, 0) is 54.4 Å². The van der Waals surface area contributed by atoms with Crippen molar-refractivity contribution in [2.75, 3.05) is 12.4 Å². The number of H-pyrrole nitrogens is 1. The lowest BCUT2D eigenvalue weighted by Gasteiger charge is -2.28. The van der Waals surface area contributed by atoms with Crippen molar-refractivity contribution >= 4 is 34.3 Å². The van der Waals surface area contributed by atoms with E-state index in [1.807, 2.05) is 19.1 Å². The number of hydrazone groups is 1. The summed E-state index contributed by atoms with van der Waals surface area (Å²) in [5, 5.41) is 8.39. The summed E-state index contributed by atoms with van der Waals surface area (Å²) in [6, 6.07) is 15.1. The van der Waals surface area contributed by atoms with Crippen molar-refractivity contribution in [3.63, 3.8) is 0 Å². The Bertz CT molecular complexity index is 1250. The fourth-order valence-electron chi connectivity index (χ4n) is 3.65. The first-order chi connectivity index (χ1) is 17.4. The Hall–Kier alpha value is -3.86. The molecule has 2 N–H and O–H groups in total. The summed E-state index contributed by atoms with van der Waals surface area (Å²) < 4.78 is 35.1. The number of ether oxygens (including phenoxy) is 2. The van der Waals surface area contributed by atoms with Crippen LogP contribution in [-0.2, 0) is 6.54 Å². The van der Waals surface area contributed by atoms with Gasteiger partial charge in [0.05, 0.1) is 24.6 Å². The minimum atomic E-state index is -2.97. The third kappa shape index (κ3) is 5.85. The normalized spacial score (nSPS) is 15.6. The van der Waals surface area contributed by atoms with Crippen molar-refractivity contribution in [2.24, 2.45) is 5.10 Å². The van der Waals surface area contributed by atoms with Crippen LogP contribution in [0.15, 0.2) is 65.9 Å². The molecule has 0 radical (unpaired) electrons. The Morgan fingerprint density at radius 1 is 1.19 bits per heavy atom. The zero-order valence-corrected chi connectivity index (χ0v) is 20.4. The second-order valence-electron chi connectivity index (χ2n) is 7.80. The number of benzene rings is 2. The fraction of sp³-hybridized carbons (Fsp3) is 0.240. The Morgan fingerprint density at radius 2 is 1.97 bits per heavy atom. The van der Waals surface area contributed by atoms with Crippen LogP contribution in [0, 0.1) is 0 Å². The van der Waals surface area contributed by atoms with E-state index in [4.69, 9.17) is 4.74 Å². The van der Waals surface area contributed by atoms with Gasteiger partial charge in [0.25, 0.3) is 5.91 Å². The number of halogens is 2. The molecule has 0 fully saturated rings. The summed E-state index contributed by atoms with van der Waals surface area (Å²) in [6.45, 7) is -0.806. The second-order valence-corrected chi connectivity index (χ2v) is 8.96. The number of hydrogen-bond acceptors (Lipinski definition) is 6. The number of rotatable bonds is 9. The summed E-state index contributed by atoms with van der Waals surface area (Å²) in [7, 11) is 1.37. The van der Waals surface area contributed by atoms with Gasteiger partial charge in [0.1, 0.15) is 5.69 Å². The lowest BCUT2D eigenvalue weighted by atomic mass is 10.0. The maximum Gasteiger partial charge on any atom is 0.387 e. The Kier molecular flexibility index (Phi) is 7.89. The average molecular weight is 515 g/mol. The summed E-state index contributed by atoms with van der Waals surface area (Å²) >= 11 is 1.16. The molecule has 188 valence electrons. The lowest BCUT2D eigenvalue weighted by Crippen LogP contribution is -2.34. The Morgan fingerprint density at radius 3 is 2.61 bits per heavy atom. The van der Waals surface area contributed by atoms with Crippen molar-refractivity contribution in [2.45, 2.75) is 31.8 Å². The van der Waals surface area contributed by atoms with Crippen LogP contribution in [0.1, 0.15) is 35.0 Å². The molecule has 2 aromatic carbocycles. The molecule has 1 aliphatic heterocycles. The first-order valence-electron chi connectivity index (χ1n) is 11.1. The maximum atomic E-state index is 12.8. The molecule has 1 atom stereocenters. The molecule has 0 aliphatic carbocycles. The van der Waals surface area contributed by atoms with Gasteiger partial charge >= 0.3 is 11.9 Å². The van der Waals surface area contributed by atoms with Gasteiger partial charge in [-0.15, -0.1) is 0 Å². The predicted molar refractivity (Wildman–Crippen MR) is 134 cm³/mol. The highest BCUT2D eigenvalue weighted by molar-refractivity contribution is 8.14. The van der Waals surface area contributed by atoms with E-state index in [1.165, 1.54) is 18.2 Å². The molecule has 2 amide bonds. The number of alkyl halides is 2. The molecule has 2 heterocycles. The lowest BCUT2D eigenvalue weighted by molar-refractivity contribution is -0.0512. The molecule has 0 saturated carbocycles. The van der Waals surface area contributed by atoms with Crippen LogP contribution in [0.2, 0.25) is 0 Å². The molecule has 4 rings (SSSR count). The molecular formula is C25H24F2N4O4S. The molecule has 1 aliphatic rings. The van der Waals surface area contributed by atoms with Crippen LogP contribution < -0.4 is 14.8 Å². The van der Waals surface area contributed by atoms with Gasteiger partial charge in [-0.25, -0.2) is 5.01 Å². The molecule has 8 nitrogen and oxygen atoms in total. The van der Waals surface area contributed by atoms with Crippen molar-refractivity contribution < 1.29 is 27.8 Å². The number of aromatic nitrogens is 1. The van der Waals surface area contributed by atoms with Gasteiger partial charge in [-0.3, -0.25) is 9.59 Å². The van der Waals surface area contributed by atoms with Gasteiger partial charge in [-0.1, -0.05) is 30.8 Å². The Labute approximate surface area is 210 Å². The number of anilines is 1. The summed E-state index contributed by atoms with van der Waals surface area (Å²) in [5.41, 5.74) is 3.17. The number of nitrogens with zero attached hydrogens (tertiary/aromatic N) is 2. The van der Waals surface area contributed by atoms with Crippen LogP contribution >= 0.6 is 11.8 Å².